The quantitative estimate of drug-likeness (QED) is 0.797. The van der Waals surface area contributed by atoms with Crippen molar-refractivity contribution in [3.8, 4) is 0 Å². The molecular weight excluding hydrogens is 198 g/mol. The second-order valence-corrected chi connectivity index (χ2v) is 4.36. The number of benzene rings is 1. The van der Waals surface area contributed by atoms with Gasteiger partial charge in [-0.05, 0) is 30.4 Å². The zero-order chi connectivity index (χ0) is 12.0. The van der Waals surface area contributed by atoms with Gasteiger partial charge in [0.1, 0.15) is 5.78 Å². The van der Waals surface area contributed by atoms with E-state index < -0.39 is 0 Å². The van der Waals surface area contributed by atoms with Crippen LogP contribution in [0.2, 0.25) is 0 Å². The van der Waals surface area contributed by atoms with E-state index in [4.69, 9.17) is 0 Å². The van der Waals surface area contributed by atoms with Gasteiger partial charge in [0.15, 0.2) is 0 Å². The molecule has 0 aliphatic heterocycles. The predicted octanol–water partition coefficient (Wildman–Crippen LogP) is 2.88. The van der Waals surface area contributed by atoms with Crippen molar-refractivity contribution in [3.63, 3.8) is 0 Å². The average Bonchev–Trinajstić information content (AvgIpc) is 2.28. The molecule has 0 saturated carbocycles. The Morgan fingerprint density at radius 2 is 1.94 bits per heavy atom. The second kappa shape index (κ2) is 6.44. The first-order valence-corrected chi connectivity index (χ1v) is 5.92. The van der Waals surface area contributed by atoms with Gasteiger partial charge in [-0.25, -0.2) is 0 Å². The Balaban J connectivity index is 2.48. The Morgan fingerprint density at radius 1 is 1.31 bits per heavy atom. The molecule has 0 amide bonds. The molecule has 0 aliphatic rings. The van der Waals surface area contributed by atoms with Gasteiger partial charge in [-0.1, -0.05) is 38.1 Å². The lowest BCUT2D eigenvalue weighted by atomic mass is 9.98. The number of hydrogen-bond acceptors (Lipinski definition) is 2. The zero-order valence-corrected chi connectivity index (χ0v) is 10.4. The van der Waals surface area contributed by atoms with E-state index in [9.17, 15) is 4.79 Å². The predicted molar refractivity (Wildman–Crippen MR) is 67.5 cm³/mol. The second-order valence-electron chi connectivity index (χ2n) is 4.36. The molecule has 1 unspecified atom stereocenters. The molecule has 0 fully saturated rings. The molecule has 0 aliphatic carbocycles. The fraction of sp³-hybridized carbons (Fsp3) is 0.500. The summed E-state index contributed by atoms with van der Waals surface area (Å²) < 4.78 is 0. The van der Waals surface area contributed by atoms with Crippen molar-refractivity contribution < 1.29 is 4.79 Å². The Morgan fingerprint density at radius 3 is 2.44 bits per heavy atom. The van der Waals surface area contributed by atoms with Gasteiger partial charge in [0, 0.05) is 6.54 Å². The van der Waals surface area contributed by atoms with Crippen molar-refractivity contribution in [2.45, 2.75) is 39.7 Å². The highest BCUT2D eigenvalue weighted by molar-refractivity contribution is 5.77. The van der Waals surface area contributed by atoms with Crippen molar-refractivity contribution in [1.29, 1.82) is 0 Å². The van der Waals surface area contributed by atoms with Gasteiger partial charge in [-0.15, -0.1) is 0 Å². The fourth-order valence-electron chi connectivity index (χ4n) is 1.58. The van der Waals surface area contributed by atoms with E-state index in [0.717, 1.165) is 6.54 Å². The zero-order valence-electron chi connectivity index (χ0n) is 10.4. The van der Waals surface area contributed by atoms with Crippen molar-refractivity contribution in [2.75, 3.05) is 6.54 Å². The van der Waals surface area contributed by atoms with Crippen LogP contribution in [0.3, 0.4) is 0 Å². The molecule has 0 aromatic heterocycles. The fourth-order valence-corrected chi connectivity index (χ4v) is 1.58. The number of rotatable bonds is 6. The van der Waals surface area contributed by atoms with E-state index in [-0.39, 0.29) is 5.78 Å². The number of Topliss-reactive ketones (excluding diaryl/α,β-unsaturated/α-hetero) is 1. The smallest absolute Gasteiger partial charge is 0.143 e. The molecular formula is C14H21NO. The molecule has 1 atom stereocenters. The van der Waals surface area contributed by atoms with Crippen LogP contribution in [0, 0.1) is 0 Å². The van der Waals surface area contributed by atoms with Crippen LogP contribution in [-0.4, -0.2) is 12.3 Å². The molecule has 1 N–H and O–H groups in total. The molecule has 88 valence electrons. The van der Waals surface area contributed by atoms with E-state index in [1.54, 1.807) is 6.92 Å². The van der Waals surface area contributed by atoms with Crippen LogP contribution in [0.15, 0.2) is 24.3 Å². The monoisotopic (exact) mass is 219 g/mol. The average molecular weight is 219 g/mol. The van der Waals surface area contributed by atoms with Crippen LogP contribution in [0.5, 0.6) is 0 Å². The van der Waals surface area contributed by atoms with Gasteiger partial charge >= 0.3 is 0 Å². The molecule has 0 saturated heterocycles. The minimum Gasteiger partial charge on any atom is -0.306 e. The third-order valence-corrected chi connectivity index (χ3v) is 2.86. The maximum absolute atomic E-state index is 10.8. The summed E-state index contributed by atoms with van der Waals surface area (Å²) in [5.74, 6) is 0.801. The van der Waals surface area contributed by atoms with Gasteiger partial charge < -0.3 is 5.32 Å². The van der Waals surface area contributed by atoms with Gasteiger partial charge in [0.2, 0.25) is 0 Å². The number of carbonyl (C=O) groups excluding carboxylic acids is 1. The van der Waals surface area contributed by atoms with Crippen LogP contribution < -0.4 is 5.32 Å². The van der Waals surface area contributed by atoms with Crippen molar-refractivity contribution in [1.82, 2.24) is 5.32 Å². The highest BCUT2D eigenvalue weighted by Gasteiger charge is 2.02. The first-order valence-electron chi connectivity index (χ1n) is 5.92. The summed E-state index contributed by atoms with van der Waals surface area (Å²) in [4.78, 5) is 10.8. The molecule has 0 bridgehead atoms. The van der Waals surface area contributed by atoms with Crippen molar-refractivity contribution >= 4 is 5.78 Å². The largest absolute Gasteiger partial charge is 0.306 e. The maximum atomic E-state index is 10.8. The van der Waals surface area contributed by atoms with Gasteiger partial charge in [0.25, 0.3) is 0 Å². The maximum Gasteiger partial charge on any atom is 0.143 e. The van der Waals surface area contributed by atoms with E-state index >= 15 is 0 Å². The van der Waals surface area contributed by atoms with Gasteiger partial charge in [0.05, 0.1) is 6.54 Å². The summed E-state index contributed by atoms with van der Waals surface area (Å²) in [6.45, 7) is 7.25. The molecule has 1 aromatic carbocycles. The van der Waals surface area contributed by atoms with Crippen LogP contribution in [0.4, 0.5) is 0 Å². The minimum absolute atomic E-state index is 0.177. The van der Waals surface area contributed by atoms with E-state index in [2.05, 4.69) is 43.4 Å². The minimum atomic E-state index is 0.177. The first-order chi connectivity index (χ1) is 7.63. The summed E-state index contributed by atoms with van der Waals surface area (Å²) in [5.41, 5.74) is 2.62. The summed E-state index contributed by atoms with van der Waals surface area (Å²) in [6.07, 6.45) is 1.17. The Hall–Kier alpha value is -1.15. The Kier molecular flexibility index (Phi) is 5.20. The molecule has 0 spiro atoms. The van der Waals surface area contributed by atoms with Crippen LogP contribution in [0.25, 0.3) is 0 Å². The summed E-state index contributed by atoms with van der Waals surface area (Å²) >= 11 is 0. The molecule has 0 heterocycles. The number of carbonyl (C=O) groups is 1. The van der Waals surface area contributed by atoms with Gasteiger partial charge in [-0.3, -0.25) is 4.79 Å². The van der Waals surface area contributed by atoms with Crippen LogP contribution >= 0.6 is 0 Å². The lowest BCUT2D eigenvalue weighted by Gasteiger charge is -2.09. The highest BCUT2D eigenvalue weighted by Crippen LogP contribution is 2.18. The molecule has 1 aromatic rings. The van der Waals surface area contributed by atoms with Crippen molar-refractivity contribution in [2.24, 2.45) is 0 Å². The lowest BCUT2D eigenvalue weighted by molar-refractivity contribution is -0.116. The molecule has 16 heavy (non-hydrogen) atoms. The molecule has 1 rings (SSSR count). The summed E-state index contributed by atoms with van der Waals surface area (Å²) in [6, 6.07) is 8.63. The number of hydrogen-bond donors (Lipinski definition) is 1. The van der Waals surface area contributed by atoms with Crippen LogP contribution in [-0.2, 0) is 11.3 Å². The Bertz CT molecular complexity index is 329. The third kappa shape index (κ3) is 4.15. The molecule has 0 radical (unpaired) electrons. The standard InChI is InChI=1S/C14H21NO/c1-4-11(2)14-7-5-13(6-8-14)10-15-9-12(3)16/h5-8,11,15H,4,9-10H2,1-3H3. The highest BCUT2D eigenvalue weighted by atomic mass is 16.1. The Labute approximate surface area is 98.1 Å². The summed E-state index contributed by atoms with van der Waals surface area (Å²) in [7, 11) is 0. The van der Waals surface area contributed by atoms with Gasteiger partial charge in [-0.2, -0.15) is 0 Å². The van der Waals surface area contributed by atoms with E-state index in [1.807, 2.05) is 0 Å². The van der Waals surface area contributed by atoms with E-state index in [1.165, 1.54) is 17.5 Å². The summed E-state index contributed by atoms with van der Waals surface area (Å²) in [5, 5.41) is 3.11. The number of ketones is 1. The molecule has 2 heteroatoms. The van der Waals surface area contributed by atoms with Crippen molar-refractivity contribution in [3.05, 3.63) is 35.4 Å². The lowest BCUT2D eigenvalue weighted by Crippen LogP contribution is -2.20. The topological polar surface area (TPSA) is 29.1 Å². The SMILES string of the molecule is CCC(C)c1ccc(CNCC(C)=O)cc1. The first kappa shape index (κ1) is 12.9. The van der Waals surface area contributed by atoms with Crippen LogP contribution in [0.1, 0.15) is 44.2 Å². The number of nitrogens with one attached hydrogen (secondary N) is 1. The third-order valence-electron chi connectivity index (χ3n) is 2.86. The molecule has 2 nitrogen and oxygen atoms in total. The van der Waals surface area contributed by atoms with E-state index in [0.29, 0.717) is 12.5 Å². The normalized spacial score (nSPS) is 12.4.